The first kappa shape index (κ1) is 20.1. The molecular formula is C26H18ClNO4. The topological polar surface area (TPSA) is 70.8 Å². The van der Waals surface area contributed by atoms with Gasteiger partial charge in [-0.2, -0.15) is 0 Å². The van der Waals surface area contributed by atoms with E-state index in [0.29, 0.717) is 27.2 Å². The largest absolute Gasteiger partial charge is 0.503 e. The number of amides is 1. The number of rotatable bonds is 4. The van der Waals surface area contributed by atoms with E-state index >= 15 is 0 Å². The maximum Gasteiger partial charge on any atom is 0.294 e. The van der Waals surface area contributed by atoms with Gasteiger partial charge in [0.1, 0.15) is 5.58 Å². The van der Waals surface area contributed by atoms with Crippen LogP contribution in [0.1, 0.15) is 27.7 Å². The normalized spacial score (nSPS) is 16.2. The summed E-state index contributed by atoms with van der Waals surface area (Å²) >= 11 is 6.05. The number of aryl methyl sites for hydroxylation is 1. The second-order valence-electron chi connectivity index (χ2n) is 7.71. The predicted octanol–water partition coefficient (Wildman–Crippen LogP) is 6.18. The predicted molar refractivity (Wildman–Crippen MR) is 123 cm³/mol. The number of carbonyl (C=O) groups is 2. The molecule has 0 radical (unpaired) electrons. The Kier molecular flexibility index (Phi) is 4.83. The van der Waals surface area contributed by atoms with Gasteiger partial charge in [-0.1, -0.05) is 59.6 Å². The molecule has 158 valence electrons. The van der Waals surface area contributed by atoms with Gasteiger partial charge in [0, 0.05) is 16.1 Å². The maximum absolute atomic E-state index is 13.5. The monoisotopic (exact) mass is 443 g/mol. The molecule has 6 heteroatoms. The van der Waals surface area contributed by atoms with Gasteiger partial charge in [-0.15, -0.1) is 0 Å². The van der Waals surface area contributed by atoms with Crippen LogP contribution in [0.5, 0.6) is 0 Å². The number of Topliss-reactive ketones (excluding diaryl/α,β-unsaturated/α-hetero) is 1. The van der Waals surface area contributed by atoms with E-state index in [9.17, 15) is 14.7 Å². The fourth-order valence-electron chi connectivity index (χ4n) is 4.02. The van der Waals surface area contributed by atoms with E-state index in [4.69, 9.17) is 16.0 Å². The SMILES string of the molecule is Cc1ccc(N2C(=O)C(O)=C(C(=O)c3cc4cc(Cl)ccc4o3)C2c2ccccc2)cc1. The summed E-state index contributed by atoms with van der Waals surface area (Å²) in [6.07, 6.45) is 0. The van der Waals surface area contributed by atoms with Crippen LogP contribution in [0.25, 0.3) is 11.0 Å². The van der Waals surface area contributed by atoms with Crippen molar-refractivity contribution in [1.82, 2.24) is 0 Å². The molecule has 0 spiro atoms. The third kappa shape index (κ3) is 3.27. The number of hydrogen-bond acceptors (Lipinski definition) is 4. The van der Waals surface area contributed by atoms with Crippen molar-refractivity contribution in [3.05, 3.63) is 112 Å². The number of benzene rings is 3. The van der Waals surface area contributed by atoms with Gasteiger partial charge in [-0.3, -0.25) is 14.5 Å². The molecule has 1 atom stereocenters. The Balaban J connectivity index is 1.65. The van der Waals surface area contributed by atoms with Gasteiger partial charge in [0.2, 0.25) is 5.78 Å². The number of fused-ring (bicyclic) bond motifs is 1. The Morgan fingerprint density at radius 2 is 1.72 bits per heavy atom. The summed E-state index contributed by atoms with van der Waals surface area (Å²) in [5.74, 6) is -1.73. The van der Waals surface area contributed by atoms with Crippen LogP contribution in [0.3, 0.4) is 0 Å². The van der Waals surface area contributed by atoms with E-state index in [-0.39, 0.29) is 11.3 Å². The Morgan fingerprint density at radius 1 is 1.00 bits per heavy atom. The van der Waals surface area contributed by atoms with Crippen molar-refractivity contribution in [2.75, 3.05) is 4.90 Å². The van der Waals surface area contributed by atoms with E-state index in [1.54, 1.807) is 36.4 Å². The third-order valence-electron chi connectivity index (χ3n) is 5.58. The van der Waals surface area contributed by atoms with Crippen LogP contribution in [-0.2, 0) is 4.79 Å². The van der Waals surface area contributed by atoms with E-state index in [1.165, 1.54) is 4.90 Å². The number of ketones is 1. The Hall–Kier alpha value is -3.83. The number of furan rings is 1. The van der Waals surface area contributed by atoms with Crippen molar-refractivity contribution < 1.29 is 19.1 Å². The molecule has 0 saturated carbocycles. The number of aliphatic hydroxyl groups is 1. The lowest BCUT2D eigenvalue weighted by molar-refractivity contribution is -0.117. The van der Waals surface area contributed by atoms with E-state index in [0.717, 1.165) is 5.56 Å². The van der Waals surface area contributed by atoms with Gasteiger partial charge in [-0.25, -0.2) is 0 Å². The first-order chi connectivity index (χ1) is 15.4. The summed E-state index contributed by atoms with van der Waals surface area (Å²) in [5.41, 5.74) is 2.79. The highest BCUT2D eigenvalue weighted by atomic mass is 35.5. The molecule has 5 rings (SSSR count). The number of aliphatic hydroxyl groups excluding tert-OH is 1. The number of anilines is 1. The molecule has 1 aliphatic rings. The van der Waals surface area contributed by atoms with Crippen molar-refractivity contribution in [3.8, 4) is 0 Å². The minimum Gasteiger partial charge on any atom is -0.503 e. The maximum atomic E-state index is 13.5. The van der Waals surface area contributed by atoms with Crippen molar-refractivity contribution in [2.45, 2.75) is 13.0 Å². The Labute approximate surface area is 189 Å². The highest BCUT2D eigenvalue weighted by Crippen LogP contribution is 2.42. The molecule has 0 aliphatic carbocycles. The summed E-state index contributed by atoms with van der Waals surface area (Å²) in [6, 6.07) is 22.3. The molecule has 0 fully saturated rings. The van der Waals surface area contributed by atoms with Crippen molar-refractivity contribution in [1.29, 1.82) is 0 Å². The summed E-state index contributed by atoms with van der Waals surface area (Å²) in [7, 11) is 0. The molecule has 1 unspecified atom stereocenters. The molecule has 1 aromatic heterocycles. The molecule has 0 bridgehead atoms. The standard InChI is InChI=1S/C26H18ClNO4/c1-15-7-10-19(11-8-15)28-23(16-5-3-2-4-6-16)22(25(30)26(28)31)24(29)21-14-17-13-18(27)9-12-20(17)32-21/h2-14,23,30H,1H3. The first-order valence-corrected chi connectivity index (χ1v) is 10.4. The fourth-order valence-corrected chi connectivity index (χ4v) is 4.20. The Bertz CT molecular complexity index is 1390. The smallest absolute Gasteiger partial charge is 0.294 e. The lowest BCUT2D eigenvalue weighted by Crippen LogP contribution is -2.31. The highest BCUT2D eigenvalue weighted by molar-refractivity contribution is 6.31. The molecule has 1 aliphatic heterocycles. The fraction of sp³-hybridized carbons (Fsp3) is 0.0769. The number of nitrogens with zero attached hydrogens (tertiary/aromatic N) is 1. The van der Waals surface area contributed by atoms with E-state index in [2.05, 4.69) is 0 Å². The molecule has 3 aromatic carbocycles. The van der Waals surface area contributed by atoms with Gasteiger partial charge < -0.3 is 9.52 Å². The van der Waals surface area contributed by atoms with Gasteiger partial charge in [-0.05, 0) is 48.9 Å². The van der Waals surface area contributed by atoms with Gasteiger partial charge in [0.15, 0.2) is 11.5 Å². The van der Waals surface area contributed by atoms with Crippen LogP contribution >= 0.6 is 11.6 Å². The van der Waals surface area contributed by atoms with Crippen LogP contribution in [0.2, 0.25) is 5.02 Å². The van der Waals surface area contributed by atoms with Crippen molar-refractivity contribution in [2.24, 2.45) is 0 Å². The van der Waals surface area contributed by atoms with Crippen LogP contribution in [0.4, 0.5) is 5.69 Å². The average Bonchev–Trinajstić information content (AvgIpc) is 3.33. The lowest BCUT2D eigenvalue weighted by Gasteiger charge is -2.26. The van der Waals surface area contributed by atoms with Crippen molar-refractivity contribution in [3.63, 3.8) is 0 Å². The highest BCUT2D eigenvalue weighted by Gasteiger charge is 2.45. The summed E-state index contributed by atoms with van der Waals surface area (Å²) < 4.78 is 5.74. The molecule has 0 saturated heterocycles. The molecule has 32 heavy (non-hydrogen) atoms. The van der Waals surface area contributed by atoms with Gasteiger partial charge in [0.25, 0.3) is 5.91 Å². The molecule has 1 amide bonds. The summed E-state index contributed by atoms with van der Waals surface area (Å²) in [4.78, 5) is 28.1. The zero-order valence-corrected chi connectivity index (χ0v) is 17.8. The van der Waals surface area contributed by atoms with Crippen LogP contribution in [0, 0.1) is 6.92 Å². The number of carbonyl (C=O) groups excluding carboxylic acids is 2. The zero-order chi connectivity index (χ0) is 22.4. The summed E-state index contributed by atoms with van der Waals surface area (Å²) in [5, 5.41) is 12.0. The Morgan fingerprint density at radius 3 is 2.44 bits per heavy atom. The van der Waals surface area contributed by atoms with Gasteiger partial charge in [0.05, 0.1) is 11.6 Å². The first-order valence-electron chi connectivity index (χ1n) is 10.1. The summed E-state index contributed by atoms with van der Waals surface area (Å²) in [6.45, 7) is 1.95. The minimum atomic E-state index is -0.796. The second-order valence-corrected chi connectivity index (χ2v) is 8.14. The van der Waals surface area contributed by atoms with Crippen molar-refractivity contribution >= 4 is 39.9 Å². The van der Waals surface area contributed by atoms with Crippen LogP contribution in [-0.4, -0.2) is 16.8 Å². The van der Waals surface area contributed by atoms with E-state index in [1.807, 2.05) is 49.4 Å². The quantitative estimate of drug-likeness (QED) is 0.382. The van der Waals surface area contributed by atoms with E-state index < -0.39 is 23.5 Å². The number of hydrogen-bond donors (Lipinski definition) is 1. The van der Waals surface area contributed by atoms with Crippen LogP contribution in [0.15, 0.2) is 94.6 Å². The third-order valence-corrected chi connectivity index (χ3v) is 5.82. The number of halogens is 1. The van der Waals surface area contributed by atoms with Crippen LogP contribution < -0.4 is 4.90 Å². The minimum absolute atomic E-state index is 0.0214. The molecule has 5 nitrogen and oxygen atoms in total. The molecular weight excluding hydrogens is 426 g/mol. The van der Waals surface area contributed by atoms with Gasteiger partial charge >= 0.3 is 0 Å². The average molecular weight is 444 g/mol. The molecule has 4 aromatic rings. The second kappa shape index (κ2) is 7.70. The molecule has 1 N–H and O–H groups in total. The zero-order valence-electron chi connectivity index (χ0n) is 17.1. The molecule has 2 heterocycles. The lowest BCUT2D eigenvalue weighted by atomic mass is 9.94.